The standard InChI is InChI=1S/C35H33N3O5/c1-4-43-33(40)23-38-31-12-8-7-11-30(31)37(22-21-32(38)39)34(41)26-17-19-27(20-18-26)36(3)35(42)29-10-6-5-9-28(29)25-15-13-24(2)14-16-25/h5-20H,4,21-23H2,1-3H3. The van der Waals surface area contributed by atoms with E-state index in [1.165, 1.54) is 4.90 Å². The van der Waals surface area contributed by atoms with Gasteiger partial charge in [0.2, 0.25) is 5.91 Å². The van der Waals surface area contributed by atoms with E-state index in [0.717, 1.165) is 16.7 Å². The molecule has 0 atom stereocenters. The summed E-state index contributed by atoms with van der Waals surface area (Å²) in [5.74, 6) is -1.24. The number of nitrogens with zero attached hydrogens (tertiary/aromatic N) is 3. The molecule has 43 heavy (non-hydrogen) atoms. The maximum Gasteiger partial charge on any atom is 0.326 e. The lowest BCUT2D eigenvalue weighted by atomic mass is 9.98. The van der Waals surface area contributed by atoms with Gasteiger partial charge in [0.1, 0.15) is 6.54 Å². The Morgan fingerprint density at radius 2 is 1.49 bits per heavy atom. The summed E-state index contributed by atoms with van der Waals surface area (Å²) < 4.78 is 5.06. The Kier molecular flexibility index (Phi) is 8.66. The van der Waals surface area contributed by atoms with Crippen molar-refractivity contribution in [3.05, 3.63) is 114 Å². The molecule has 0 fully saturated rings. The minimum absolute atomic E-state index is 0.0511. The van der Waals surface area contributed by atoms with Gasteiger partial charge < -0.3 is 14.5 Å². The molecule has 1 heterocycles. The van der Waals surface area contributed by atoms with Gasteiger partial charge in [-0.3, -0.25) is 24.1 Å². The van der Waals surface area contributed by atoms with Gasteiger partial charge in [0.05, 0.1) is 18.0 Å². The normalized spacial score (nSPS) is 12.8. The molecule has 8 heteroatoms. The molecule has 0 aliphatic carbocycles. The highest BCUT2D eigenvalue weighted by atomic mass is 16.5. The zero-order chi connectivity index (χ0) is 30.5. The number of anilines is 3. The van der Waals surface area contributed by atoms with Gasteiger partial charge in [-0.25, -0.2) is 0 Å². The molecule has 0 unspecified atom stereocenters. The molecule has 4 aromatic rings. The number of fused-ring (bicyclic) bond motifs is 1. The molecule has 1 aliphatic heterocycles. The van der Waals surface area contributed by atoms with Gasteiger partial charge in [-0.1, -0.05) is 60.2 Å². The van der Waals surface area contributed by atoms with Crippen LogP contribution in [0.25, 0.3) is 11.1 Å². The number of ether oxygens (including phenoxy) is 1. The van der Waals surface area contributed by atoms with Gasteiger partial charge in [0, 0.05) is 36.8 Å². The predicted octanol–water partition coefficient (Wildman–Crippen LogP) is 5.89. The molecule has 218 valence electrons. The number of para-hydroxylation sites is 2. The molecule has 3 amide bonds. The summed E-state index contributed by atoms with van der Waals surface area (Å²) in [6, 6.07) is 29.4. The third-order valence-electron chi connectivity index (χ3n) is 7.48. The molecule has 0 N–H and O–H groups in total. The number of carbonyl (C=O) groups excluding carboxylic acids is 4. The SMILES string of the molecule is CCOC(=O)CN1C(=O)CCN(C(=O)c2ccc(N(C)C(=O)c3ccccc3-c3ccc(C)cc3)cc2)c2ccccc21. The summed E-state index contributed by atoms with van der Waals surface area (Å²) in [4.78, 5) is 57.1. The van der Waals surface area contributed by atoms with Crippen molar-refractivity contribution in [3.8, 4) is 11.1 Å². The summed E-state index contributed by atoms with van der Waals surface area (Å²) in [6.45, 7) is 3.87. The molecule has 0 bridgehead atoms. The van der Waals surface area contributed by atoms with Gasteiger partial charge in [-0.05, 0) is 67.4 Å². The Labute approximate surface area is 251 Å². The van der Waals surface area contributed by atoms with Crippen molar-refractivity contribution < 1.29 is 23.9 Å². The number of hydrogen-bond acceptors (Lipinski definition) is 5. The molecule has 0 saturated carbocycles. The lowest BCUT2D eigenvalue weighted by Gasteiger charge is -2.25. The van der Waals surface area contributed by atoms with Crippen LogP contribution in [0.4, 0.5) is 17.1 Å². The van der Waals surface area contributed by atoms with Crippen LogP contribution in [-0.2, 0) is 14.3 Å². The van der Waals surface area contributed by atoms with Crippen molar-refractivity contribution in [3.63, 3.8) is 0 Å². The quantitative estimate of drug-likeness (QED) is 0.257. The maximum absolute atomic E-state index is 13.7. The first-order valence-corrected chi connectivity index (χ1v) is 14.2. The summed E-state index contributed by atoms with van der Waals surface area (Å²) in [6.07, 6.45) is 0.0511. The lowest BCUT2D eigenvalue weighted by Crippen LogP contribution is -2.36. The average molecular weight is 576 g/mol. The number of hydrogen-bond donors (Lipinski definition) is 0. The zero-order valence-electron chi connectivity index (χ0n) is 24.4. The first kappa shape index (κ1) is 29.3. The molecule has 5 rings (SSSR count). The van der Waals surface area contributed by atoms with Gasteiger partial charge >= 0.3 is 5.97 Å². The van der Waals surface area contributed by atoms with E-state index in [-0.39, 0.29) is 43.8 Å². The third-order valence-corrected chi connectivity index (χ3v) is 7.48. The number of benzene rings is 4. The van der Waals surface area contributed by atoms with Gasteiger partial charge in [0.15, 0.2) is 0 Å². The Hall–Kier alpha value is -5.24. The molecular weight excluding hydrogens is 542 g/mol. The summed E-state index contributed by atoms with van der Waals surface area (Å²) >= 11 is 0. The van der Waals surface area contributed by atoms with E-state index >= 15 is 0 Å². The van der Waals surface area contributed by atoms with E-state index in [0.29, 0.717) is 28.2 Å². The van der Waals surface area contributed by atoms with Crippen LogP contribution in [0.15, 0.2) is 97.1 Å². The van der Waals surface area contributed by atoms with Crippen LogP contribution in [0.1, 0.15) is 39.6 Å². The van der Waals surface area contributed by atoms with Crippen molar-refractivity contribution in [2.24, 2.45) is 0 Å². The minimum atomic E-state index is -0.513. The van der Waals surface area contributed by atoms with Gasteiger partial charge in [-0.15, -0.1) is 0 Å². The van der Waals surface area contributed by atoms with Crippen LogP contribution >= 0.6 is 0 Å². The Morgan fingerprint density at radius 3 is 2.19 bits per heavy atom. The van der Waals surface area contributed by atoms with E-state index in [1.807, 2.05) is 55.5 Å². The molecule has 1 aliphatic rings. The molecule has 0 spiro atoms. The monoisotopic (exact) mass is 575 g/mol. The van der Waals surface area contributed by atoms with Crippen molar-refractivity contribution >= 4 is 40.8 Å². The minimum Gasteiger partial charge on any atom is -0.465 e. The number of carbonyl (C=O) groups is 4. The van der Waals surface area contributed by atoms with Crippen molar-refractivity contribution in [1.29, 1.82) is 0 Å². The fraction of sp³-hybridized carbons (Fsp3) is 0.200. The van der Waals surface area contributed by atoms with Crippen LogP contribution < -0.4 is 14.7 Å². The second-order valence-electron chi connectivity index (χ2n) is 10.3. The topological polar surface area (TPSA) is 87.2 Å². The number of rotatable bonds is 7. The number of esters is 1. The predicted molar refractivity (Wildman–Crippen MR) is 168 cm³/mol. The van der Waals surface area contributed by atoms with E-state index in [2.05, 4.69) is 0 Å². The molecule has 4 aromatic carbocycles. The number of aryl methyl sites for hydroxylation is 1. The summed E-state index contributed by atoms with van der Waals surface area (Å²) in [5.41, 5.74) is 5.57. The first-order valence-electron chi connectivity index (χ1n) is 14.2. The fourth-order valence-electron chi connectivity index (χ4n) is 5.17. The zero-order valence-corrected chi connectivity index (χ0v) is 24.4. The average Bonchev–Trinajstić information content (AvgIpc) is 3.16. The van der Waals surface area contributed by atoms with Crippen LogP contribution in [-0.4, -0.2) is 50.4 Å². The highest BCUT2D eigenvalue weighted by Crippen LogP contribution is 2.34. The van der Waals surface area contributed by atoms with Gasteiger partial charge in [-0.2, -0.15) is 0 Å². The Balaban J connectivity index is 1.38. The lowest BCUT2D eigenvalue weighted by molar-refractivity contribution is -0.142. The van der Waals surface area contributed by atoms with E-state index in [4.69, 9.17) is 4.74 Å². The van der Waals surface area contributed by atoms with Crippen LogP contribution in [0.3, 0.4) is 0 Å². The Bertz CT molecular complexity index is 1660. The van der Waals surface area contributed by atoms with E-state index in [1.54, 1.807) is 72.3 Å². The second kappa shape index (κ2) is 12.7. The van der Waals surface area contributed by atoms with Crippen LogP contribution in [0.2, 0.25) is 0 Å². The summed E-state index contributed by atoms with van der Waals surface area (Å²) in [5, 5.41) is 0. The van der Waals surface area contributed by atoms with Crippen molar-refractivity contribution in [2.45, 2.75) is 20.3 Å². The fourth-order valence-corrected chi connectivity index (χ4v) is 5.17. The number of amides is 3. The van der Waals surface area contributed by atoms with E-state index in [9.17, 15) is 19.2 Å². The molecule has 0 saturated heterocycles. The molecule has 8 nitrogen and oxygen atoms in total. The highest BCUT2D eigenvalue weighted by Gasteiger charge is 2.31. The largest absolute Gasteiger partial charge is 0.465 e. The van der Waals surface area contributed by atoms with E-state index < -0.39 is 5.97 Å². The molecular formula is C35H33N3O5. The van der Waals surface area contributed by atoms with Crippen molar-refractivity contribution in [2.75, 3.05) is 41.4 Å². The Morgan fingerprint density at radius 1 is 0.837 bits per heavy atom. The van der Waals surface area contributed by atoms with Crippen molar-refractivity contribution in [1.82, 2.24) is 0 Å². The third kappa shape index (κ3) is 6.18. The van der Waals surface area contributed by atoms with Gasteiger partial charge in [0.25, 0.3) is 11.8 Å². The van der Waals surface area contributed by atoms with Crippen LogP contribution in [0, 0.1) is 6.92 Å². The first-order chi connectivity index (χ1) is 20.8. The second-order valence-corrected chi connectivity index (χ2v) is 10.3. The molecule has 0 radical (unpaired) electrons. The maximum atomic E-state index is 13.7. The summed E-state index contributed by atoms with van der Waals surface area (Å²) in [7, 11) is 1.71. The highest BCUT2D eigenvalue weighted by molar-refractivity contribution is 6.13. The smallest absolute Gasteiger partial charge is 0.326 e. The molecule has 0 aromatic heterocycles. The van der Waals surface area contributed by atoms with Crippen LogP contribution in [0.5, 0.6) is 0 Å².